The highest BCUT2D eigenvalue weighted by atomic mass is 19.4. The highest BCUT2D eigenvalue weighted by Gasteiger charge is 2.49. The monoisotopic (exact) mass is 498 g/mol. The third-order valence-electron chi connectivity index (χ3n) is 5.95. The Bertz CT molecular complexity index is 1070. The largest absolute Gasteiger partial charge is 0.487 e. The van der Waals surface area contributed by atoms with Gasteiger partial charge in [0.1, 0.15) is 17.1 Å². The van der Waals surface area contributed by atoms with E-state index in [1.165, 1.54) is 0 Å². The van der Waals surface area contributed by atoms with E-state index in [0.29, 0.717) is 49.7 Å². The van der Waals surface area contributed by atoms with Gasteiger partial charge in [0.25, 0.3) is 0 Å². The van der Waals surface area contributed by atoms with Crippen LogP contribution in [0, 0.1) is 11.8 Å². The quantitative estimate of drug-likeness (QED) is 0.498. The first-order valence-electron chi connectivity index (χ1n) is 11.6. The molecule has 0 spiro atoms. The number of halogens is 3. The molecular formula is C22H29F3N6O4. The molecule has 0 aromatic carbocycles. The van der Waals surface area contributed by atoms with Crippen molar-refractivity contribution in [3.8, 4) is 5.75 Å². The van der Waals surface area contributed by atoms with Crippen LogP contribution in [0.4, 0.5) is 30.8 Å². The van der Waals surface area contributed by atoms with Gasteiger partial charge in [0.15, 0.2) is 11.6 Å². The van der Waals surface area contributed by atoms with Crippen molar-refractivity contribution in [2.75, 3.05) is 37.5 Å². The number of esters is 1. The zero-order chi connectivity index (χ0) is 25.3. The van der Waals surface area contributed by atoms with Gasteiger partial charge in [0, 0.05) is 30.7 Å². The molecule has 35 heavy (non-hydrogen) atoms. The molecule has 10 nitrogen and oxygen atoms in total. The van der Waals surface area contributed by atoms with Crippen LogP contribution >= 0.6 is 0 Å². The Labute approximate surface area is 200 Å². The molecule has 1 unspecified atom stereocenters. The van der Waals surface area contributed by atoms with Gasteiger partial charge < -0.3 is 25.3 Å². The van der Waals surface area contributed by atoms with Gasteiger partial charge >= 0.3 is 12.1 Å². The first-order valence-corrected chi connectivity index (χ1v) is 11.6. The fraction of sp³-hybridized carbons (Fsp3) is 0.636. The number of nitrogen functional groups attached to an aromatic ring is 1. The summed E-state index contributed by atoms with van der Waals surface area (Å²) in [6.45, 7) is 7.42. The topological polar surface area (TPSA) is 126 Å². The molecule has 4 rings (SSSR count). The summed E-state index contributed by atoms with van der Waals surface area (Å²) in [5.41, 5.74) is 5.02. The third kappa shape index (κ3) is 5.44. The Hall–Kier alpha value is -3.09. The number of nitrogens with one attached hydrogen (secondary N) is 1. The predicted octanol–water partition coefficient (Wildman–Crippen LogP) is 3.68. The minimum atomic E-state index is -4.67. The van der Waals surface area contributed by atoms with Crippen molar-refractivity contribution in [3.05, 3.63) is 17.5 Å². The summed E-state index contributed by atoms with van der Waals surface area (Å²) in [6, 6.07) is -0.144. The number of ether oxygens (including phenoxy) is 3. The first-order chi connectivity index (χ1) is 16.6. The minimum Gasteiger partial charge on any atom is -0.487 e. The lowest BCUT2D eigenvalue weighted by Gasteiger charge is -2.16. The highest BCUT2D eigenvalue weighted by Crippen LogP contribution is 2.53. The zero-order valence-corrected chi connectivity index (χ0v) is 19.8. The number of rotatable bonds is 9. The molecule has 1 aliphatic heterocycles. The van der Waals surface area contributed by atoms with Crippen LogP contribution in [0.2, 0.25) is 0 Å². The number of anilines is 3. The van der Waals surface area contributed by atoms with E-state index in [9.17, 15) is 18.0 Å². The molecule has 0 amide bonds. The maximum Gasteiger partial charge on any atom is 0.421 e. The summed E-state index contributed by atoms with van der Waals surface area (Å²) in [7, 11) is 0. The molecule has 2 aliphatic rings. The predicted molar refractivity (Wildman–Crippen MR) is 119 cm³/mol. The lowest BCUT2D eigenvalue weighted by atomic mass is 10.1. The van der Waals surface area contributed by atoms with Crippen molar-refractivity contribution in [1.29, 1.82) is 0 Å². The number of aromatic nitrogens is 4. The maximum atomic E-state index is 13.1. The van der Waals surface area contributed by atoms with Crippen molar-refractivity contribution in [1.82, 2.24) is 19.7 Å². The Morgan fingerprint density at radius 1 is 1.40 bits per heavy atom. The van der Waals surface area contributed by atoms with E-state index < -0.39 is 17.6 Å². The number of hydrogen-bond donors (Lipinski definition) is 2. The molecule has 1 saturated heterocycles. The molecule has 3 atom stereocenters. The van der Waals surface area contributed by atoms with Gasteiger partial charge in [-0.05, 0) is 33.6 Å². The van der Waals surface area contributed by atoms with Crippen molar-refractivity contribution < 1.29 is 32.2 Å². The minimum absolute atomic E-state index is 0.129. The molecule has 2 aromatic rings. The molecular weight excluding hydrogens is 469 g/mol. The Balaban J connectivity index is 1.68. The summed E-state index contributed by atoms with van der Waals surface area (Å²) in [6.07, 6.45) is -2.61. The summed E-state index contributed by atoms with van der Waals surface area (Å²) < 4.78 is 57.7. The summed E-state index contributed by atoms with van der Waals surface area (Å²) >= 11 is 0. The normalized spacial score (nSPS) is 21.9. The second-order valence-electron chi connectivity index (χ2n) is 8.96. The third-order valence-corrected chi connectivity index (χ3v) is 5.95. The second kappa shape index (κ2) is 9.88. The second-order valence-corrected chi connectivity index (χ2v) is 8.96. The highest BCUT2D eigenvalue weighted by molar-refractivity contribution is 5.78. The molecule has 13 heteroatoms. The van der Waals surface area contributed by atoms with Gasteiger partial charge in [-0.1, -0.05) is 0 Å². The van der Waals surface area contributed by atoms with Gasteiger partial charge in [-0.3, -0.25) is 4.79 Å². The first kappa shape index (κ1) is 25.0. The van der Waals surface area contributed by atoms with Gasteiger partial charge in [0.05, 0.1) is 25.7 Å². The van der Waals surface area contributed by atoms with E-state index in [1.807, 2.05) is 13.8 Å². The van der Waals surface area contributed by atoms with Crippen LogP contribution in [0.5, 0.6) is 5.75 Å². The number of nitrogens with two attached hydrogens (primary N) is 1. The Kier molecular flexibility index (Phi) is 7.06. The molecule has 3 heterocycles. The summed E-state index contributed by atoms with van der Waals surface area (Å²) in [4.78, 5) is 19.9. The molecule has 3 N–H and O–H groups in total. The summed E-state index contributed by atoms with van der Waals surface area (Å²) in [5, 5.41) is 7.66. The smallest absolute Gasteiger partial charge is 0.421 e. The van der Waals surface area contributed by atoms with Crippen LogP contribution in [0.15, 0.2) is 6.20 Å². The maximum absolute atomic E-state index is 13.1. The van der Waals surface area contributed by atoms with Gasteiger partial charge in [-0.25, -0.2) is 9.67 Å². The summed E-state index contributed by atoms with van der Waals surface area (Å²) in [5.74, 6) is -0.656. The molecule has 0 bridgehead atoms. The van der Waals surface area contributed by atoms with E-state index in [4.69, 9.17) is 25.0 Å². The van der Waals surface area contributed by atoms with Crippen LogP contribution in [-0.4, -0.2) is 52.1 Å². The zero-order valence-electron chi connectivity index (χ0n) is 19.8. The molecule has 2 aromatic heterocycles. The van der Waals surface area contributed by atoms with Gasteiger partial charge in [-0.2, -0.15) is 23.3 Å². The van der Waals surface area contributed by atoms with Crippen molar-refractivity contribution in [2.24, 2.45) is 11.8 Å². The van der Waals surface area contributed by atoms with Crippen LogP contribution in [0.25, 0.3) is 0 Å². The van der Waals surface area contributed by atoms with Gasteiger partial charge in [0.2, 0.25) is 5.95 Å². The van der Waals surface area contributed by atoms with Crippen molar-refractivity contribution in [3.63, 3.8) is 0 Å². The fourth-order valence-electron chi connectivity index (χ4n) is 4.01. The van der Waals surface area contributed by atoms with E-state index in [2.05, 4.69) is 15.3 Å². The molecule has 0 radical (unpaired) electrons. The van der Waals surface area contributed by atoms with Crippen LogP contribution < -0.4 is 15.8 Å². The standard InChI is InChI=1S/C22H29F3N6O4/c1-4-34-20(32)14-7-13(14)16-17(35-10-12-5-6-33-9-12)19(31(30-16)11(2)3)29-21-27-8-15(18(26)28-21)22(23,24)25/h8,11-14H,4-7,9-10H2,1-3H3,(H3,26,27,28,29)/t12?,13-,14+/m0/s1. The lowest BCUT2D eigenvalue weighted by Crippen LogP contribution is -2.15. The van der Waals surface area contributed by atoms with Crippen LogP contribution in [0.3, 0.4) is 0 Å². The SMILES string of the molecule is CCOC(=O)[C@@H]1C[C@@H]1c1nn(C(C)C)c(Nc2ncc(C(F)(F)F)c(N)n2)c1OCC1CCOC1. The van der Waals surface area contributed by atoms with Crippen molar-refractivity contribution >= 4 is 23.6 Å². The van der Waals surface area contributed by atoms with Crippen molar-refractivity contribution in [2.45, 2.75) is 51.7 Å². The number of alkyl halides is 3. The molecule has 1 saturated carbocycles. The molecule has 2 fully saturated rings. The van der Waals surface area contributed by atoms with E-state index in [-0.39, 0.29) is 42.3 Å². The number of carbonyl (C=O) groups excluding carboxylic acids is 1. The van der Waals surface area contributed by atoms with E-state index >= 15 is 0 Å². The molecule has 192 valence electrons. The van der Waals surface area contributed by atoms with Crippen LogP contribution in [0.1, 0.15) is 56.8 Å². The van der Waals surface area contributed by atoms with E-state index in [0.717, 1.165) is 6.42 Å². The lowest BCUT2D eigenvalue weighted by molar-refractivity contribution is -0.144. The number of nitrogens with zero attached hydrogens (tertiary/aromatic N) is 4. The van der Waals surface area contributed by atoms with Crippen LogP contribution in [-0.2, 0) is 20.4 Å². The number of carbonyl (C=O) groups is 1. The Morgan fingerprint density at radius 3 is 2.77 bits per heavy atom. The fourth-order valence-corrected chi connectivity index (χ4v) is 4.01. The Morgan fingerprint density at radius 2 is 2.17 bits per heavy atom. The van der Waals surface area contributed by atoms with E-state index in [1.54, 1.807) is 11.6 Å². The molecule has 1 aliphatic carbocycles. The average Bonchev–Trinajstić information content (AvgIpc) is 3.23. The average molecular weight is 499 g/mol. The number of hydrogen-bond acceptors (Lipinski definition) is 9. The van der Waals surface area contributed by atoms with Gasteiger partial charge in [-0.15, -0.1) is 0 Å².